The lowest BCUT2D eigenvalue weighted by atomic mass is 10.3. The van der Waals surface area contributed by atoms with Gasteiger partial charge in [-0.2, -0.15) is 13.2 Å². The Kier molecular flexibility index (Phi) is 3.22. The molecule has 66 valence electrons. The van der Waals surface area contributed by atoms with Crippen molar-refractivity contribution in [3.05, 3.63) is 0 Å². The van der Waals surface area contributed by atoms with Gasteiger partial charge in [0.1, 0.15) is 6.42 Å². The molecule has 12 heavy (non-hydrogen) atoms. The third-order valence-electron chi connectivity index (χ3n) is 0.781. The summed E-state index contributed by atoms with van der Waals surface area (Å²) in [6.07, 6.45) is -5.67. The number of alkyl halides is 3. The highest BCUT2D eigenvalue weighted by atomic mass is 19.4. The Labute approximate surface area is 64.5 Å². The van der Waals surface area contributed by atoms with E-state index in [9.17, 15) is 22.8 Å². The Balaban J connectivity index is 4.05. The van der Waals surface area contributed by atoms with Crippen molar-refractivity contribution in [2.75, 3.05) is 0 Å². The molecule has 4 nitrogen and oxygen atoms in total. The number of hydrogen-bond acceptors (Lipinski definition) is 4. The van der Waals surface area contributed by atoms with Crippen LogP contribution in [0, 0.1) is 11.5 Å². The number of carbonyl (C=O) groups is 2. The maximum absolute atomic E-state index is 11.4. The van der Waals surface area contributed by atoms with Crippen molar-refractivity contribution in [1.29, 1.82) is 5.26 Å². The van der Waals surface area contributed by atoms with Crippen molar-refractivity contribution in [2.24, 2.45) is 0 Å². The molecule has 0 N–H and O–H groups in total. The average molecular weight is 181 g/mol. The molecule has 0 aromatic heterocycles. The number of nitriles is 1. The SMILES string of the molecule is N#COC(=O)CC(=O)C(F)(F)F. The number of ketones is 1. The number of rotatable bonds is 2. The zero-order valence-electron chi connectivity index (χ0n) is 5.51. The van der Waals surface area contributed by atoms with Crippen LogP contribution in [0.2, 0.25) is 0 Å². The van der Waals surface area contributed by atoms with Gasteiger partial charge < -0.3 is 4.74 Å². The quantitative estimate of drug-likeness (QED) is 0.354. The minimum Gasteiger partial charge on any atom is -0.351 e. The molecule has 0 unspecified atom stereocenters. The van der Waals surface area contributed by atoms with Crippen molar-refractivity contribution in [3.63, 3.8) is 0 Å². The molecule has 0 aliphatic heterocycles. The number of nitrogens with zero attached hydrogens (tertiary/aromatic N) is 1. The largest absolute Gasteiger partial charge is 0.450 e. The van der Waals surface area contributed by atoms with E-state index in [-0.39, 0.29) is 0 Å². The fourth-order valence-corrected chi connectivity index (χ4v) is 0.318. The van der Waals surface area contributed by atoms with E-state index in [1.54, 1.807) is 0 Å². The minimum absolute atomic E-state index is 0.855. The van der Waals surface area contributed by atoms with E-state index >= 15 is 0 Å². The van der Waals surface area contributed by atoms with Crippen LogP contribution in [0.3, 0.4) is 0 Å². The summed E-state index contributed by atoms with van der Waals surface area (Å²) in [5.74, 6) is -3.75. The van der Waals surface area contributed by atoms with E-state index in [2.05, 4.69) is 4.74 Å². The van der Waals surface area contributed by atoms with Gasteiger partial charge in [-0.3, -0.25) is 9.59 Å². The van der Waals surface area contributed by atoms with Gasteiger partial charge in [0.2, 0.25) is 5.78 Å². The lowest BCUT2D eigenvalue weighted by molar-refractivity contribution is -0.173. The fraction of sp³-hybridized carbons (Fsp3) is 0.400. The fourth-order valence-electron chi connectivity index (χ4n) is 0.318. The molecule has 0 aliphatic rings. The zero-order valence-corrected chi connectivity index (χ0v) is 5.51. The summed E-state index contributed by atoms with van der Waals surface area (Å²) < 4.78 is 37.7. The van der Waals surface area contributed by atoms with Gasteiger partial charge in [-0.25, -0.2) is 0 Å². The number of Topliss-reactive ketones (excluding diaryl/α,β-unsaturated/α-hetero) is 1. The van der Waals surface area contributed by atoms with Crippen LogP contribution in [0.1, 0.15) is 6.42 Å². The van der Waals surface area contributed by atoms with Crippen molar-refractivity contribution in [3.8, 4) is 6.26 Å². The second-order valence-corrected chi connectivity index (χ2v) is 1.66. The van der Waals surface area contributed by atoms with Gasteiger partial charge in [-0.1, -0.05) is 0 Å². The first kappa shape index (κ1) is 10.4. The van der Waals surface area contributed by atoms with E-state index in [1.165, 1.54) is 0 Å². The molecule has 0 spiro atoms. The van der Waals surface area contributed by atoms with Crippen LogP contribution < -0.4 is 0 Å². The third kappa shape index (κ3) is 3.55. The molecule has 0 heterocycles. The number of ether oxygens (including phenoxy) is 1. The summed E-state index contributed by atoms with van der Waals surface area (Å²) >= 11 is 0. The van der Waals surface area contributed by atoms with Crippen molar-refractivity contribution in [2.45, 2.75) is 12.6 Å². The predicted octanol–water partition coefficient (Wildman–Crippen LogP) is 0.532. The van der Waals surface area contributed by atoms with Gasteiger partial charge in [0.15, 0.2) is 0 Å². The highest BCUT2D eigenvalue weighted by molar-refractivity contribution is 5.98. The summed E-state index contributed by atoms with van der Waals surface area (Å²) in [7, 11) is 0. The van der Waals surface area contributed by atoms with E-state index in [0.717, 1.165) is 6.26 Å². The maximum Gasteiger partial charge on any atom is 0.450 e. The molecule has 0 aromatic carbocycles. The third-order valence-corrected chi connectivity index (χ3v) is 0.781. The number of hydrogen-bond donors (Lipinski definition) is 0. The molecule has 0 aliphatic carbocycles. The molecule has 0 bridgehead atoms. The van der Waals surface area contributed by atoms with Gasteiger partial charge >= 0.3 is 12.1 Å². The Morgan fingerprint density at radius 3 is 2.25 bits per heavy atom. The van der Waals surface area contributed by atoms with E-state index in [4.69, 9.17) is 5.26 Å². The normalized spacial score (nSPS) is 10.2. The molecular weight excluding hydrogens is 179 g/mol. The van der Waals surface area contributed by atoms with Crippen LogP contribution in [0.15, 0.2) is 0 Å². The lowest BCUT2D eigenvalue weighted by Gasteiger charge is -2.01. The second kappa shape index (κ2) is 3.71. The Morgan fingerprint density at radius 1 is 1.42 bits per heavy atom. The molecular formula is C5H2F3NO3. The molecule has 0 radical (unpaired) electrons. The first-order valence-corrected chi connectivity index (χ1v) is 2.56. The number of carbonyl (C=O) groups excluding carboxylic acids is 2. The van der Waals surface area contributed by atoms with Crippen molar-refractivity contribution in [1.82, 2.24) is 0 Å². The Bertz CT molecular complexity index is 239. The Hall–Kier alpha value is -1.58. The molecule has 0 saturated carbocycles. The Morgan fingerprint density at radius 2 is 1.92 bits per heavy atom. The molecule has 7 heteroatoms. The maximum atomic E-state index is 11.4. The van der Waals surface area contributed by atoms with Crippen LogP contribution in [0.5, 0.6) is 0 Å². The number of esters is 1. The monoisotopic (exact) mass is 181 g/mol. The van der Waals surface area contributed by atoms with Gasteiger partial charge in [-0.05, 0) is 0 Å². The molecule has 0 fully saturated rings. The highest BCUT2D eigenvalue weighted by Crippen LogP contribution is 2.17. The highest BCUT2D eigenvalue weighted by Gasteiger charge is 2.39. The standard InChI is InChI=1S/C5H2F3NO3/c6-5(7,8)3(10)1-4(11)12-2-9/h1H2. The summed E-state index contributed by atoms with van der Waals surface area (Å²) in [5.41, 5.74) is 0. The summed E-state index contributed by atoms with van der Waals surface area (Å²) in [5, 5.41) is 7.67. The lowest BCUT2D eigenvalue weighted by Crippen LogP contribution is -2.25. The zero-order chi connectivity index (χ0) is 9.78. The first-order valence-electron chi connectivity index (χ1n) is 2.56. The van der Waals surface area contributed by atoms with Gasteiger partial charge in [0.25, 0.3) is 6.26 Å². The molecule has 0 amide bonds. The van der Waals surface area contributed by atoms with Gasteiger partial charge in [0.05, 0.1) is 0 Å². The van der Waals surface area contributed by atoms with Gasteiger partial charge in [-0.15, -0.1) is 5.26 Å². The average Bonchev–Trinajstić information content (AvgIpc) is 1.85. The van der Waals surface area contributed by atoms with Crippen LogP contribution in [0.4, 0.5) is 13.2 Å². The van der Waals surface area contributed by atoms with Crippen LogP contribution in [0.25, 0.3) is 0 Å². The predicted molar refractivity (Wildman–Crippen MR) is 27.4 cm³/mol. The van der Waals surface area contributed by atoms with E-state index in [0.29, 0.717) is 0 Å². The minimum atomic E-state index is -5.06. The van der Waals surface area contributed by atoms with Crippen LogP contribution in [-0.4, -0.2) is 17.9 Å². The van der Waals surface area contributed by atoms with Crippen molar-refractivity contribution < 1.29 is 27.5 Å². The molecule has 0 atom stereocenters. The van der Waals surface area contributed by atoms with Crippen molar-refractivity contribution >= 4 is 11.8 Å². The number of halogens is 3. The first-order chi connectivity index (χ1) is 5.38. The van der Waals surface area contributed by atoms with E-state index in [1.807, 2.05) is 0 Å². The summed E-state index contributed by atoms with van der Waals surface area (Å²) in [6, 6.07) is 0. The molecule has 0 aromatic rings. The molecule has 0 rings (SSSR count). The summed E-state index contributed by atoms with van der Waals surface area (Å²) in [4.78, 5) is 20.1. The van der Waals surface area contributed by atoms with E-state index < -0.39 is 24.3 Å². The smallest absolute Gasteiger partial charge is 0.351 e. The molecule has 0 saturated heterocycles. The topological polar surface area (TPSA) is 67.2 Å². The van der Waals surface area contributed by atoms with Crippen LogP contribution in [-0.2, 0) is 14.3 Å². The van der Waals surface area contributed by atoms with Gasteiger partial charge in [0, 0.05) is 0 Å². The summed E-state index contributed by atoms with van der Waals surface area (Å²) in [6.45, 7) is 0. The second-order valence-electron chi connectivity index (χ2n) is 1.66. The van der Waals surface area contributed by atoms with Crippen LogP contribution >= 0.6 is 0 Å².